The highest BCUT2D eigenvalue weighted by Gasteiger charge is 2.14. The molecule has 0 aromatic heterocycles. The van der Waals surface area contributed by atoms with Gasteiger partial charge >= 0.3 is 0 Å². The lowest BCUT2D eigenvalue weighted by atomic mass is 9.99. The Bertz CT molecular complexity index is 471. The molecule has 1 aromatic carbocycles. The number of rotatable bonds is 6. The molecule has 1 aromatic rings. The van der Waals surface area contributed by atoms with Gasteiger partial charge in [0.1, 0.15) is 0 Å². The molecule has 0 spiro atoms. The number of benzene rings is 1. The first kappa shape index (κ1) is 14.9. The van der Waals surface area contributed by atoms with Crippen LogP contribution >= 0.6 is 0 Å². The first-order valence-electron chi connectivity index (χ1n) is 7.12. The monoisotopic (exact) mass is 277 g/mol. The minimum Gasteiger partial charge on any atom is -0.493 e. The largest absolute Gasteiger partial charge is 0.493 e. The van der Waals surface area contributed by atoms with E-state index in [-0.39, 0.29) is 6.61 Å². The molecule has 0 saturated carbocycles. The lowest BCUT2D eigenvalue weighted by molar-refractivity contribution is 0.208. The number of aliphatic hydroxyl groups is 1. The molecule has 1 aliphatic rings. The second kappa shape index (κ2) is 7.31. The van der Waals surface area contributed by atoms with Gasteiger partial charge in [-0.2, -0.15) is 0 Å². The molecular formula is C16H23NO3. The van der Waals surface area contributed by atoms with E-state index in [9.17, 15) is 0 Å². The Hall–Kier alpha value is -1.52. The fourth-order valence-corrected chi connectivity index (χ4v) is 2.46. The molecule has 0 amide bonds. The predicted molar refractivity (Wildman–Crippen MR) is 80.3 cm³/mol. The molecular weight excluding hydrogens is 254 g/mol. The number of hydrogen-bond donors (Lipinski definition) is 1. The van der Waals surface area contributed by atoms with Crippen LogP contribution in [0.5, 0.6) is 11.5 Å². The third-order valence-corrected chi connectivity index (χ3v) is 3.54. The molecule has 4 nitrogen and oxygen atoms in total. The Balaban J connectivity index is 2.13. The van der Waals surface area contributed by atoms with E-state index < -0.39 is 0 Å². The van der Waals surface area contributed by atoms with Gasteiger partial charge in [0.2, 0.25) is 0 Å². The zero-order valence-corrected chi connectivity index (χ0v) is 12.3. The lowest BCUT2D eigenvalue weighted by Gasteiger charge is -2.25. The fourth-order valence-electron chi connectivity index (χ4n) is 2.46. The highest BCUT2D eigenvalue weighted by molar-refractivity contribution is 5.69. The van der Waals surface area contributed by atoms with Gasteiger partial charge in [-0.25, -0.2) is 0 Å². The van der Waals surface area contributed by atoms with Gasteiger partial charge in [-0.3, -0.25) is 4.90 Å². The second-order valence-electron chi connectivity index (χ2n) is 4.80. The summed E-state index contributed by atoms with van der Waals surface area (Å²) in [6.45, 7) is 5.45. The highest BCUT2D eigenvalue weighted by atomic mass is 16.5. The van der Waals surface area contributed by atoms with Crippen molar-refractivity contribution in [1.29, 1.82) is 0 Å². The summed E-state index contributed by atoms with van der Waals surface area (Å²) >= 11 is 0. The molecule has 0 radical (unpaired) electrons. The third kappa shape index (κ3) is 3.52. The molecule has 20 heavy (non-hydrogen) atoms. The quantitative estimate of drug-likeness (QED) is 0.865. The molecule has 4 heteroatoms. The smallest absolute Gasteiger partial charge is 0.161 e. The normalized spacial score (nSPS) is 15.8. The van der Waals surface area contributed by atoms with Gasteiger partial charge in [-0.05, 0) is 36.6 Å². The number of aliphatic hydroxyl groups excluding tert-OH is 1. The van der Waals surface area contributed by atoms with E-state index in [0.717, 1.165) is 37.6 Å². The van der Waals surface area contributed by atoms with Crippen molar-refractivity contribution in [1.82, 2.24) is 4.90 Å². The summed E-state index contributed by atoms with van der Waals surface area (Å²) in [6, 6.07) is 6.10. The first-order valence-corrected chi connectivity index (χ1v) is 7.12. The van der Waals surface area contributed by atoms with E-state index in [1.54, 1.807) is 7.11 Å². The standard InChI is InChI=1S/C16H23NO3/c1-3-20-15-5-4-14(12-16(15)19-2)13-6-8-17(9-7-13)10-11-18/h4-6,12,18H,3,7-11H2,1-2H3. The van der Waals surface area contributed by atoms with Crippen LogP contribution in [-0.2, 0) is 0 Å². The number of nitrogens with zero attached hydrogens (tertiary/aromatic N) is 1. The molecule has 1 heterocycles. The van der Waals surface area contributed by atoms with Crippen LogP contribution in [-0.4, -0.2) is 50.0 Å². The van der Waals surface area contributed by atoms with Crippen molar-refractivity contribution < 1.29 is 14.6 Å². The topological polar surface area (TPSA) is 41.9 Å². The number of β-amino-alcohol motifs (C(OH)–C–C–N with tert-alkyl or cyclic N) is 1. The van der Waals surface area contributed by atoms with Crippen LogP contribution in [0.1, 0.15) is 18.9 Å². The summed E-state index contributed by atoms with van der Waals surface area (Å²) in [5.41, 5.74) is 2.52. The highest BCUT2D eigenvalue weighted by Crippen LogP contribution is 2.32. The van der Waals surface area contributed by atoms with Crippen LogP contribution in [0.2, 0.25) is 0 Å². The van der Waals surface area contributed by atoms with Gasteiger partial charge in [0, 0.05) is 19.6 Å². The summed E-state index contributed by atoms with van der Waals surface area (Å²) in [6.07, 6.45) is 3.23. The lowest BCUT2D eigenvalue weighted by Crippen LogP contribution is -2.31. The number of ether oxygens (including phenoxy) is 2. The third-order valence-electron chi connectivity index (χ3n) is 3.54. The van der Waals surface area contributed by atoms with Gasteiger partial charge in [0.25, 0.3) is 0 Å². The zero-order valence-electron chi connectivity index (χ0n) is 12.3. The molecule has 0 atom stereocenters. The maximum atomic E-state index is 8.96. The maximum absolute atomic E-state index is 8.96. The van der Waals surface area contributed by atoms with Crippen LogP contribution in [0, 0.1) is 0 Å². The molecule has 110 valence electrons. The summed E-state index contributed by atoms with van der Waals surface area (Å²) in [5, 5.41) is 8.96. The van der Waals surface area contributed by atoms with Crippen molar-refractivity contribution in [2.45, 2.75) is 13.3 Å². The van der Waals surface area contributed by atoms with Crippen molar-refractivity contribution in [3.63, 3.8) is 0 Å². The molecule has 0 bridgehead atoms. The van der Waals surface area contributed by atoms with Crippen LogP contribution in [0.4, 0.5) is 0 Å². The average molecular weight is 277 g/mol. The van der Waals surface area contributed by atoms with E-state index in [4.69, 9.17) is 14.6 Å². The Labute approximate surface area is 120 Å². The number of methoxy groups -OCH3 is 1. The molecule has 0 aliphatic carbocycles. The van der Waals surface area contributed by atoms with E-state index in [0.29, 0.717) is 6.61 Å². The Kier molecular flexibility index (Phi) is 5.44. The molecule has 1 aliphatic heterocycles. The van der Waals surface area contributed by atoms with Crippen molar-refractivity contribution in [3.8, 4) is 11.5 Å². The van der Waals surface area contributed by atoms with Crippen LogP contribution in [0.25, 0.3) is 5.57 Å². The van der Waals surface area contributed by atoms with Crippen molar-refractivity contribution in [2.24, 2.45) is 0 Å². The van der Waals surface area contributed by atoms with E-state index in [2.05, 4.69) is 17.0 Å². The van der Waals surface area contributed by atoms with Crippen molar-refractivity contribution >= 4 is 5.57 Å². The Morgan fingerprint density at radius 1 is 1.30 bits per heavy atom. The number of hydrogen-bond acceptors (Lipinski definition) is 4. The predicted octanol–water partition coefficient (Wildman–Crippen LogP) is 2.18. The molecule has 0 saturated heterocycles. The minimum atomic E-state index is 0.222. The molecule has 0 unspecified atom stereocenters. The molecule has 1 N–H and O–H groups in total. The fraction of sp³-hybridized carbons (Fsp3) is 0.500. The van der Waals surface area contributed by atoms with E-state index >= 15 is 0 Å². The summed E-state index contributed by atoms with van der Waals surface area (Å²) < 4.78 is 10.9. The van der Waals surface area contributed by atoms with Gasteiger partial charge in [-0.15, -0.1) is 0 Å². The summed E-state index contributed by atoms with van der Waals surface area (Å²) in [5.74, 6) is 1.57. The van der Waals surface area contributed by atoms with Crippen LogP contribution in [0.3, 0.4) is 0 Å². The van der Waals surface area contributed by atoms with E-state index in [1.807, 2.05) is 19.1 Å². The Morgan fingerprint density at radius 2 is 2.15 bits per heavy atom. The van der Waals surface area contributed by atoms with Gasteiger partial charge in [0.05, 0.1) is 20.3 Å². The van der Waals surface area contributed by atoms with Crippen molar-refractivity contribution in [3.05, 3.63) is 29.8 Å². The van der Waals surface area contributed by atoms with Crippen LogP contribution < -0.4 is 9.47 Å². The maximum Gasteiger partial charge on any atom is 0.161 e. The summed E-state index contributed by atoms with van der Waals surface area (Å²) in [4.78, 5) is 2.25. The van der Waals surface area contributed by atoms with Gasteiger partial charge in [-0.1, -0.05) is 12.1 Å². The first-order chi connectivity index (χ1) is 9.78. The molecule has 2 rings (SSSR count). The van der Waals surface area contributed by atoms with Crippen molar-refractivity contribution in [2.75, 3.05) is 40.0 Å². The van der Waals surface area contributed by atoms with E-state index in [1.165, 1.54) is 11.1 Å². The van der Waals surface area contributed by atoms with Gasteiger partial charge in [0.15, 0.2) is 11.5 Å². The van der Waals surface area contributed by atoms with Crippen LogP contribution in [0.15, 0.2) is 24.3 Å². The average Bonchev–Trinajstić information content (AvgIpc) is 2.49. The van der Waals surface area contributed by atoms with Gasteiger partial charge < -0.3 is 14.6 Å². The minimum absolute atomic E-state index is 0.222. The second-order valence-corrected chi connectivity index (χ2v) is 4.80. The zero-order chi connectivity index (χ0) is 14.4. The SMILES string of the molecule is CCOc1ccc(C2=CCN(CCO)CC2)cc1OC. The molecule has 0 fully saturated rings. The summed E-state index contributed by atoms with van der Waals surface area (Å²) in [7, 11) is 1.67. The Morgan fingerprint density at radius 3 is 2.75 bits per heavy atom.